The first-order chi connectivity index (χ1) is 5.47. The highest BCUT2D eigenvalue weighted by atomic mass is 15.2. The minimum Gasteiger partial charge on any atom is -0.263 e. The Bertz CT molecular complexity index is 245. The normalized spacial score (nSPS) is 12.0. The Labute approximate surface area is 73.6 Å². The standard InChI is InChI=1S/C9H17N3/c1-7-10-8(12-11-7)5-6-9(2,3)4/h5-6H2,1-4H3,(H,10,11,12). The number of nitrogens with zero attached hydrogens (tertiary/aromatic N) is 2. The number of H-pyrrole nitrogens is 1. The number of aryl methyl sites for hydroxylation is 2. The first-order valence-electron chi connectivity index (χ1n) is 4.35. The Balaban J connectivity index is 2.44. The second kappa shape index (κ2) is 3.25. The second-order valence-electron chi connectivity index (χ2n) is 4.40. The molecule has 0 bridgehead atoms. The molecule has 1 N–H and O–H groups in total. The molecule has 1 heterocycles. The van der Waals surface area contributed by atoms with Crippen molar-refractivity contribution < 1.29 is 0 Å². The summed E-state index contributed by atoms with van der Waals surface area (Å²) in [5, 5.41) is 6.93. The molecule has 3 heteroatoms. The van der Waals surface area contributed by atoms with Gasteiger partial charge < -0.3 is 0 Å². The zero-order valence-electron chi connectivity index (χ0n) is 8.31. The monoisotopic (exact) mass is 167 g/mol. The Kier molecular flexibility index (Phi) is 2.50. The van der Waals surface area contributed by atoms with Gasteiger partial charge in [-0.15, -0.1) is 0 Å². The van der Waals surface area contributed by atoms with Crippen LogP contribution in [0.3, 0.4) is 0 Å². The molecule has 1 aromatic heterocycles. The predicted molar refractivity (Wildman–Crippen MR) is 48.9 cm³/mol. The summed E-state index contributed by atoms with van der Waals surface area (Å²) >= 11 is 0. The van der Waals surface area contributed by atoms with Crippen LogP contribution in [-0.4, -0.2) is 15.2 Å². The molecule has 0 aliphatic carbocycles. The van der Waals surface area contributed by atoms with E-state index in [1.54, 1.807) is 0 Å². The van der Waals surface area contributed by atoms with Gasteiger partial charge >= 0.3 is 0 Å². The summed E-state index contributed by atoms with van der Waals surface area (Å²) in [5.74, 6) is 1.83. The number of hydrogen-bond acceptors (Lipinski definition) is 2. The van der Waals surface area contributed by atoms with Crippen LogP contribution in [-0.2, 0) is 6.42 Å². The van der Waals surface area contributed by atoms with Crippen LogP contribution in [0.25, 0.3) is 0 Å². The van der Waals surface area contributed by atoms with Crippen molar-refractivity contribution in [1.82, 2.24) is 15.2 Å². The van der Waals surface area contributed by atoms with Crippen molar-refractivity contribution in [3.05, 3.63) is 11.6 Å². The average molecular weight is 167 g/mol. The molecular weight excluding hydrogens is 150 g/mol. The Morgan fingerprint density at radius 2 is 2.00 bits per heavy atom. The zero-order valence-corrected chi connectivity index (χ0v) is 8.31. The Hall–Kier alpha value is -0.860. The minimum absolute atomic E-state index is 0.370. The first kappa shape index (κ1) is 9.23. The maximum Gasteiger partial charge on any atom is 0.150 e. The summed E-state index contributed by atoms with van der Waals surface area (Å²) in [4.78, 5) is 4.25. The van der Waals surface area contributed by atoms with E-state index in [0.717, 1.165) is 24.5 Å². The van der Waals surface area contributed by atoms with Gasteiger partial charge in [-0.2, -0.15) is 5.10 Å². The van der Waals surface area contributed by atoms with E-state index in [2.05, 4.69) is 36.0 Å². The lowest BCUT2D eigenvalue weighted by Gasteiger charge is -2.16. The van der Waals surface area contributed by atoms with E-state index in [1.165, 1.54) is 0 Å². The fourth-order valence-electron chi connectivity index (χ4n) is 0.988. The first-order valence-corrected chi connectivity index (χ1v) is 4.35. The van der Waals surface area contributed by atoms with Crippen molar-refractivity contribution >= 4 is 0 Å². The van der Waals surface area contributed by atoms with Crippen LogP contribution < -0.4 is 0 Å². The van der Waals surface area contributed by atoms with Crippen LogP contribution in [0.2, 0.25) is 0 Å². The van der Waals surface area contributed by atoms with E-state index in [9.17, 15) is 0 Å². The number of hydrogen-bond donors (Lipinski definition) is 1. The van der Waals surface area contributed by atoms with E-state index < -0.39 is 0 Å². The topological polar surface area (TPSA) is 41.6 Å². The van der Waals surface area contributed by atoms with Gasteiger partial charge in [0.1, 0.15) is 5.82 Å². The van der Waals surface area contributed by atoms with Crippen molar-refractivity contribution in [2.75, 3.05) is 0 Å². The third-order valence-electron chi connectivity index (χ3n) is 1.74. The molecule has 12 heavy (non-hydrogen) atoms. The van der Waals surface area contributed by atoms with Gasteiger partial charge in [-0.25, -0.2) is 4.98 Å². The lowest BCUT2D eigenvalue weighted by Crippen LogP contribution is -2.07. The van der Waals surface area contributed by atoms with Crippen LogP contribution >= 0.6 is 0 Å². The Morgan fingerprint density at radius 1 is 1.33 bits per heavy atom. The van der Waals surface area contributed by atoms with E-state index in [-0.39, 0.29) is 0 Å². The van der Waals surface area contributed by atoms with Crippen molar-refractivity contribution in [3.8, 4) is 0 Å². The van der Waals surface area contributed by atoms with Crippen molar-refractivity contribution in [2.24, 2.45) is 5.41 Å². The van der Waals surface area contributed by atoms with E-state index in [4.69, 9.17) is 0 Å². The van der Waals surface area contributed by atoms with E-state index >= 15 is 0 Å². The van der Waals surface area contributed by atoms with E-state index in [0.29, 0.717) is 5.41 Å². The number of nitrogens with one attached hydrogen (secondary N) is 1. The van der Waals surface area contributed by atoms with Crippen LogP contribution in [0.4, 0.5) is 0 Å². The summed E-state index contributed by atoms with van der Waals surface area (Å²) in [6.07, 6.45) is 2.10. The van der Waals surface area contributed by atoms with Crippen LogP contribution in [0.1, 0.15) is 38.8 Å². The third-order valence-corrected chi connectivity index (χ3v) is 1.74. The van der Waals surface area contributed by atoms with Crippen LogP contribution in [0.5, 0.6) is 0 Å². The largest absolute Gasteiger partial charge is 0.263 e. The summed E-state index contributed by atoms with van der Waals surface area (Å²) in [6, 6.07) is 0. The van der Waals surface area contributed by atoms with Gasteiger partial charge in [-0.1, -0.05) is 20.8 Å². The fraction of sp³-hybridized carbons (Fsp3) is 0.778. The van der Waals surface area contributed by atoms with Gasteiger partial charge in [0.25, 0.3) is 0 Å². The maximum atomic E-state index is 4.25. The van der Waals surface area contributed by atoms with Gasteiger partial charge in [0, 0.05) is 6.42 Å². The summed E-state index contributed by atoms with van der Waals surface area (Å²) < 4.78 is 0. The highest BCUT2D eigenvalue weighted by Gasteiger charge is 2.11. The van der Waals surface area contributed by atoms with Gasteiger partial charge in [0.15, 0.2) is 5.82 Å². The molecule has 0 atom stereocenters. The van der Waals surface area contributed by atoms with Crippen molar-refractivity contribution in [2.45, 2.75) is 40.5 Å². The molecule has 0 radical (unpaired) electrons. The molecule has 0 amide bonds. The molecule has 0 aliphatic rings. The molecule has 0 aliphatic heterocycles. The summed E-state index contributed by atoms with van der Waals surface area (Å²) in [5.41, 5.74) is 0.370. The fourth-order valence-corrected chi connectivity index (χ4v) is 0.988. The third kappa shape index (κ3) is 3.03. The molecule has 0 unspecified atom stereocenters. The second-order valence-corrected chi connectivity index (χ2v) is 4.40. The number of aromatic amines is 1. The number of aromatic nitrogens is 3. The maximum absolute atomic E-state index is 4.25. The predicted octanol–water partition coefficient (Wildman–Crippen LogP) is 2.09. The zero-order chi connectivity index (χ0) is 9.19. The smallest absolute Gasteiger partial charge is 0.150 e. The lowest BCUT2D eigenvalue weighted by atomic mass is 9.90. The molecule has 0 saturated heterocycles. The molecular formula is C9H17N3. The highest BCUT2D eigenvalue weighted by molar-refractivity contribution is 4.88. The molecule has 0 fully saturated rings. The summed E-state index contributed by atoms with van der Waals surface area (Å²) in [7, 11) is 0. The average Bonchev–Trinajstić information content (AvgIpc) is 2.30. The van der Waals surface area contributed by atoms with Gasteiger partial charge in [-0.05, 0) is 18.8 Å². The lowest BCUT2D eigenvalue weighted by molar-refractivity contribution is 0.374. The molecule has 68 valence electrons. The molecule has 0 saturated carbocycles. The summed E-state index contributed by atoms with van der Waals surface area (Å²) in [6.45, 7) is 8.61. The molecule has 3 nitrogen and oxygen atoms in total. The minimum atomic E-state index is 0.370. The Morgan fingerprint density at radius 3 is 2.42 bits per heavy atom. The molecule has 1 aromatic rings. The van der Waals surface area contributed by atoms with E-state index in [1.807, 2.05) is 6.92 Å². The molecule has 1 rings (SSSR count). The van der Waals surface area contributed by atoms with Crippen molar-refractivity contribution in [1.29, 1.82) is 0 Å². The van der Waals surface area contributed by atoms with Crippen molar-refractivity contribution in [3.63, 3.8) is 0 Å². The van der Waals surface area contributed by atoms with Gasteiger partial charge in [0.05, 0.1) is 0 Å². The van der Waals surface area contributed by atoms with Crippen LogP contribution in [0, 0.1) is 12.3 Å². The quantitative estimate of drug-likeness (QED) is 0.732. The van der Waals surface area contributed by atoms with Gasteiger partial charge in [0.2, 0.25) is 0 Å². The molecule has 0 spiro atoms. The number of rotatable bonds is 2. The SMILES string of the molecule is Cc1nc(CCC(C)(C)C)n[nH]1. The van der Waals surface area contributed by atoms with Crippen LogP contribution in [0.15, 0.2) is 0 Å². The van der Waals surface area contributed by atoms with Gasteiger partial charge in [-0.3, -0.25) is 5.10 Å². The molecule has 0 aromatic carbocycles. The highest BCUT2D eigenvalue weighted by Crippen LogP contribution is 2.19.